The molecule has 0 aliphatic carbocycles. The van der Waals surface area contributed by atoms with Gasteiger partial charge in [-0.25, -0.2) is 9.37 Å². The Bertz CT molecular complexity index is 618. The molecular weight excluding hydrogens is 273 g/mol. The Morgan fingerprint density at radius 3 is 2.70 bits per heavy atom. The van der Waals surface area contributed by atoms with Gasteiger partial charge in [0.15, 0.2) is 0 Å². The van der Waals surface area contributed by atoms with Crippen LogP contribution < -0.4 is 4.90 Å². The van der Waals surface area contributed by atoms with Crippen LogP contribution in [0.2, 0.25) is 0 Å². The molecule has 104 valence electrons. The summed E-state index contributed by atoms with van der Waals surface area (Å²) < 4.78 is 17.3. The largest absolute Gasteiger partial charge is 0.343 e. The molecule has 0 bridgehead atoms. The van der Waals surface area contributed by atoms with Crippen LogP contribution in [-0.4, -0.2) is 22.4 Å². The van der Waals surface area contributed by atoms with Crippen molar-refractivity contribution in [3.8, 4) is 0 Å². The van der Waals surface area contributed by atoms with Crippen LogP contribution in [0.15, 0.2) is 30.3 Å². The van der Waals surface area contributed by atoms with Gasteiger partial charge in [-0.3, -0.25) is 0 Å². The number of hydrogen-bond donors (Lipinski definition) is 0. The van der Waals surface area contributed by atoms with Crippen LogP contribution in [0.25, 0.3) is 5.57 Å². The lowest BCUT2D eigenvalue weighted by molar-refractivity contribution is 0.627. The van der Waals surface area contributed by atoms with Crippen molar-refractivity contribution in [2.75, 3.05) is 18.0 Å². The van der Waals surface area contributed by atoms with Crippen molar-refractivity contribution in [3.63, 3.8) is 0 Å². The number of anilines is 1. The van der Waals surface area contributed by atoms with Crippen molar-refractivity contribution in [2.24, 2.45) is 0 Å². The minimum Gasteiger partial charge on any atom is -0.343 e. The highest BCUT2D eigenvalue weighted by molar-refractivity contribution is 7.09. The number of aryl methyl sites for hydroxylation is 1. The van der Waals surface area contributed by atoms with Gasteiger partial charge in [-0.1, -0.05) is 25.1 Å². The highest BCUT2D eigenvalue weighted by Crippen LogP contribution is 2.26. The van der Waals surface area contributed by atoms with Crippen LogP contribution in [0.5, 0.6) is 0 Å². The van der Waals surface area contributed by atoms with Crippen LogP contribution >= 0.6 is 11.5 Å². The van der Waals surface area contributed by atoms with Crippen LogP contribution in [0.1, 0.15) is 24.7 Å². The van der Waals surface area contributed by atoms with Crippen LogP contribution in [0.4, 0.5) is 9.52 Å². The molecule has 0 saturated heterocycles. The van der Waals surface area contributed by atoms with E-state index in [1.54, 1.807) is 0 Å². The third-order valence-electron chi connectivity index (χ3n) is 3.47. The van der Waals surface area contributed by atoms with E-state index in [0.717, 1.165) is 42.5 Å². The van der Waals surface area contributed by atoms with Gasteiger partial charge in [0.25, 0.3) is 0 Å². The summed E-state index contributed by atoms with van der Waals surface area (Å²) in [5, 5.41) is 0.997. The minimum atomic E-state index is -0.187. The summed E-state index contributed by atoms with van der Waals surface area (Å²) in [4.78, 5) is 6.76. The lowest BCUT2D eigenvalue weighted by atomic mass is 10.00. The number of halogens is 1. The standard InChI is InChI=1S/C15H16FN3S/c1-2-14-17-15(20-18-14)19-9-7-12(8-10-19)11-3-5-13(16)6-4-11/h3-7H,2,8-10H2,1H3. The first kappa shape index (κ1) is 13.2. The highest BCUT2D eigenvalue weighted by Gasteiger charge is 2.16. The Kier molecular flexibility index (Phi) is 3.78. The fourth-order valence-electron chi connectivity index (χ4n) is 2.29. The highest BCUT2D eigenvalue weighted by atomic mass is 32.1. The van der Waals surface area contributed by atoms with Gasteiger partial charge in [0.1, 0.15) is 11.6 Å². The van der Waals surface area contributed by atoms with Gasteiger partial charge in [-0.15, -0.1) is 0 Å². The second-order valence-corrected chi connectivity index (χ2v) is 5.51. The van der Waals surface area contributed by atoms with Gasteiger partial charge in [-0.2, -0.15) is 4.37 Å². The van der Waals surface area contributed by atoms with E-state index < -0.39 is 0 Å². The molecule has 1 aliphatic heterocycles. The third kappa shape index (κ3) is 2.72. The molecule has 0 fully saturated rings. The third-order valence-corrected chi connectivity index (χ3v) is 4.28. The van der Waals surface area contributed by atoms with Crippen molar-refractivity contribution in [1.82, 2.24) is 9.36 Å². The molecule has 5 heteroatoms. The van der Waals surface area contributed by atoms with E-state index in [4.69, 9.17) is 0 Å². The Morgan fingerprint density at radius 1 is 1.30 bits per heavy atom. The minimum absolute atomic E-state index is 0.187. The van der Waals surface area contributed by atoms with Crippen LogP contribution in [-0.2, 0) is 6.42 Å². The Labute approximate surface area is 121 Å². The molecule has 0 N–H and O–H groups in total. The summed E-state index contributed by atoms with van der Waals surface area (Å²) in [6.45, 7) is 3.83. The molecule has 1 aromatic carbocycles. The normalized spacial score (nSPS) is 15.3. The predicted octanol–water partition coefficient (Wildman–Crippen LogP) is 3.53. The van der Waals surface area contributed by atoms with Gasteiger partial charge >= 0.3 is 0 Å². The molecule has 0 spiro atoms. The van der Waals surface area contributed by atoms with E-state index in [2.05, 4.69) is 27.3 Å². The zero-order chi connectivity index (χ0) is 13.9. The summed E-state index contributed by atoms with van der Waals surface area (Å²) >= 11 is 1.47. The molecule has 0 saturated carbocycles. The fourth-order valence-corrected chi connectivity index (χ4v) is 3.07. The van der Waals surface area contributed by atoms with E-state index in [0.29, 0.717) is 0 Å². The number of benzene rings is 1. The van der Waals surface area contributed by atoms with Gasteiger partial charge in [0, 0.05) is 31.0 Å². The van der Waals surface area contributed by atoms with Crippen molar-refractivity contribution in [1.29, 1.82) is 0 Å². The van der Waals surface area contributed by atoms with Gasteiger partial charge in [0.05, 0.1) is 0 Å². The Balaban J connectivity index is 1.72. The maximum Gasteiger partial charge on any atom is 0.205 e. The predicted molar refractivity (Wildman–Crippen MR) is 80.5 cm³/mol. The molecule has 0 unspecified atom stereocenters. The summed E-state index contributed by atoms with van der Waals surface area (Å²) in [7, 11) is 0. The molecule has 2 heterocycles. The maximum absolute atomic E-state index is 12.9. The van der Waals surface area contributed by atoms with Crippen molar-refractivity contribution in [3.05, 3.63) is 47.5 Å². The van der Waals surface area contributed by atoms with Crippen molar-refractivity contribution >= 4 is 22.2 Å². The first-order valence-electron chi connectivity index (χ1n) is 6.79. The van der Waals surface area contributed by atoms with Crippen molar-refractivity contribution in [2.45, 2.75) is 19.8 Å². The van der Waals surface area contributed by atoms with E-state index >= 15 is 0 Å². The van der Waals surface area contributed by atoms with Gasteiger partial charge < -0.3 is 4.90 Å². The molecule has 3 nitrogen and oxygen atoms in total. The van der Waals surface area contributed by atoms with E-state index in [-0.39, 0.29) is 5.82 Å². The van der Waals surface area contributed by atoms with Crippen LogP contribution in [0.3, 0.4) is 0 Å². The lowest BCUT2D eigenvalue weighted by Gasteiger charge is -2.25. The number of aromatic nitrogens is 2. The first-order valence-corrected chi connectivity index (χ1v) is 7.56. The average Bonchev–Trinajstić information content (AvgIpc) is 2.97. The first-order chi connectivity index (χ1) is 9.76. The average molecular weight is 289 g/mol. The summed E-state index contributed by atoms with van der Waals surface area (Å²) in [6.07, 6.45) is 4.03. The van der Waals surface area contributed by atoms with Gasteiger partial charge in [-0.05, 0) is 29.7 Å². The number of rotatable bonds is 3. The fraction of sp³-hybridized carbons (Fsp3) is 0.333. The molecule has 0 radical (unpaired) electrons. The molecule has 3 rings (SSSR count). The second-order valence-electron chi connectivity index (χ2n) is 4.78. The monoisotopic (exact) mass is 289 g/mol. The number of nitrogens with zero attached hydrogens (tertiary/aromatic N) is 3. The summed E-state index contributed by atoms with van der Waals surface area (Å²) in [6, 6.07) is 6.72. The Hall–Kier alpha value is -1.75. The van der Waals surface area contributed by atoms with Gasteiger partial charge in [0.2, 0.25) is 5.13 Å². The quantitative estimate of drug-likeness (QED) is 0.865. The van der Waals surface area contributed by atoms with E-state index in [1.807, 2.05) is 12.1 Å². The number of hydrogen-bond acceptors (Lipinski definition) is 4. The topological polar surface area (TPSA) is 29.0 Å². The SMILES string of the molecule is CCc1nsc(N2CC=C(c3ccc(F)cc3)CC2)n1. The van der Waals surface area contributed by atoms with Crippen molar-refractivity contribution < 1.29 is 4.39 Å². The lowest BCUT2D eigenvalue weighted by Crippen LogP contribution is -2.28. The van der Waals surface area contributed by atoms with E-state index in [9.17, 15) is 4.39 Å². The molecule has 2 aromatic rings. The van der Waals surface area contributed by atoms with Crippen LogP contribution in [0, 0.1) is 5.82 Å². The Morgan fingerprint density at radius 2 is 2.10 bits per heavy atom. The zero-order valence-electron chi connectivity index (χ0n) is 11.3. The maximum atomic E-state index is 12.9. The molecule has 1 aromatic heterocycles. The smallest absolute Gasteiger partial charge is 0.205 e. The van der Waals surface area contributed by atoms with E-state index in [1.165, 1.54) is 29.2 Å². The zero-order valence-corrected chi connectivity index (χ0v) is 12.2. The molecule has 0 atom stereocenters. The molecule has 0 amide bonds. The molecular formula is C15H16FN3S. The summed E-state index contributed by atoms with van der Waals surface area (Å²) in [5.41, 5.74) is 2.39. The second kappa shape index (κ2) is 5.71. The molecule has 1 aliphatic rings. The molecule has 20 heavy (non-hydrogen) atoms. The summed E-state index contributed by atoms with van der Waals surface area (Å²) in [5.74, 6) is 0.728.